The Morgan fingerprint density at radius 3 is 2.51 bits per heavy atom. The minimum Gasteiger partial charge on any atom is -0.507 e. The second kappa shape index (κ2) is 11.6. The van der Waals surface area contributed by atoms with Crippen LogP contribution >= 0.6 is 11.6 Å². The minimum atomic E-state index is -3.85. The number of fused-ring (bicyclic) bond motifs is 1. The second-order valence-electron chi connectivity index (χ2n) is 11.5. The number of rotatable bonds is 6. The summed E-state index contributed by atoms with van der Waals surface area (Å²) < 4.78 is 43.5. The lowest BCUT2D eigenvalue weighted by Crippen LogP contribution is -2.54. The van der Waals surface area contributed by atoms with Gasteiger partial charge < -0.3 is 14.9 Å². The number of hydrogen-bond acceptors (Lipinski definition) is 8. The van der Waals surface area contributed by atoms with E-state index in [1.165, 1.54) is 36.4 Å². The standard InChI is InChI=1S/C32H31ClFN5O5S/c1-4-26(41)37-14-15-38(18(2)17-37)30-21-16-23(34)28(27-22(33)11-7-12-24(27)40)35-31(21)39(32(42)36-30)29-20(19-8-5-9-19)10-6-13-25(29)45(3,43)44/h4,6-7,10-13,16,18-19,40H,1,5,8-9,14-15,17H2,2-3H3/t18-/m0/s1. The van der Waals surface area contributed by atoms with E-state index in [1.807, 2.05) is 11.8 Å². The molecule has 0 spiro atoms. The average Bonchev–Trinajstić information content (AvgIpc) is 2.96. The number of aromatic nitrogens is 3. The SMILES string of the molecule is C=CC(=O)N1CCN(c2nc(=O)n(-c3c(C4CCC4)cccc3S(C)(=O)=O)c3nc(-c4c(O)cccc4Cl)c(F)cc23)[C@@H](C)C1. The number of hydrogen-bond donors (Lipinski definition) is 1. The van der Waals surface area contributed by atoms with Gasteiger partial charge in [-0.3, -0.25) is 4.79 Å². The van der Waals surface area contributed by atoms with Crippen molar-refractivity contribution in [3.8, 4) is 22.7 Å². The van der Waals surface area contributed by atoms with Gasteiger partial charge >= 0.3 is 5.69 Å². The van der Waals surface area contributed by atoms with E-state index in [1.54, 1.807) is 17.0 Å². The lowest BCUT2D eigenvalue weighted by atomic mass is 9.79. The molecule has 234 valence electrons. The largest absolute Gasteiger partial charge is 0.507 e. The third kappa shape index (κ3) is 5.35. The van der Waals surface area contributed by atoms with Gasteiger partial charge in [0.15, 0.2) is 21.3 Å². The van der Waals surface area contributed by atoms with E-state index in [-0.39, 0.29) is 73.9 Å². The fraction of sp³-hybridized carbons (Fsp3) is 0.312. The molecule has 2 aromatic carbocycles. The Kier molecular flexibility index (Phi) is 7.90. The molecule has 1 amide bonds. The normalized spacial score (nSPS) is 17.4. The van der Waals surface area contributed by atoms with Crippen molar-refractivity contribution in [2.75, 3.05) is 30.8 Å². The lowest BCUT2D eigenvalue weighted by Gasteiger charge is -2.40. The Morgan fingerprint density at radius 2 is 1.89 bits per heavy atom. The van der Waals surface area contributed by atoms with Crippen LogP contribution in [0.1, 0.15) is 37.7 Å². The lowest BCUT2D eigenvalue weighted by molar-refractivity contribution is -0.126. The van der Waals surface area contributed by atoms with E-state index >= 15 is 4.39 Å². The zero-order chi connectivity index (χ0) is 32.2. The van der Waals surface area contributed by atoms with Gasteiger partial charge in [-0.1, -0.05) is 42.8 Å². The van der Waals surface area contributed by atoms with Crippen molar-refractivity contribution in [3.63, 3.8) is 0 Å². The van der Waals surface area contributed by atoms with Gasteiger partial charge in [0.2, 0.25) is 5.91 Å². The number of nitrogens with zero attached hydrogens (tertiary/aromatic N) is 5. The summed E-state index contributed by atoms with van der Waals surface area (Å²) in [6.07, 6.45) is 4.88. The van der Waals surface area contributed by atoms with Crippen molar-refractivity contribution in [2.45, 2.75) is 43.0 Å². The molecule has 0 radical (unpaired) electrons. The molecule has 45 heavy (non-hydrogen) atoms. The maximum Gasteiger partial charge on any atom is 0.355 e. The molecule has 13 heteroatoms. The summed E-state index contributed by atoms with van der Waals surface area (Å²) in [4.78, 5) is 38.9. The van der Waals surface area contributed by atoms with E-state index < -0.39 is 21.3 Å². The molecule has 1 N–H and O–H groups in total. The molecular weight excluding hydrogens is 621 g/mol. The topological polar surface area (TPSA) is 126 Å². The summed E-state index contributed by atoms with van der Waals surface area (Å²) in [5, 5.41) is 10.9. The smallest absolute Gasteiger partial charge is 0.355 e. The van der Waals surface area contributed by atoms with Crippen LogP contribution in [0.4, 0.5) is 10.2 Å². The van der Waals surface area contributed by atoms with Crippen LogP contribution in [-0.2, 0) is 14.6 Å². The van der Waals surface area contributed by atoms with E-state index in [2.05, 4.69) is 16.5 Å². The Bertz CT molecular complexity index is 2030. The van der Waals surface area contributed by atoms with E-state index in [0.29, 0.717) is 18.7 Å². The third-order valence-electron chi connectivity index (χ3n) is 8.61. The maximum absolute atomic E-state index is 16.1. The van der Waals surface area contributed by atoms with Gasteiger partial charge in [-0.15, -0.1) is 0 Å². The molecule has 1 aliphatic heterocycles. The first-order chi connectivity index (χ1) is 21.4. The number of piperazine rings is 1. The van der Waals surface area contributed by atoms with Gasteiger partial charge in [0.05, 0.1) is 26.6 Å². The second-order valence-corrected chi connectivity index (χ2v) is 13.9. The number of aromatic hydroxyl groups is 1. The summed E-state index contributed by atoms with van der Waals surface area (Å²) >= 11 is 6.40. The number of para-hydroxylation sites is 1. The molecule has 1 atom stereocenters. The van der Waals surface area contributed by atoms with Crippen LogP contribution in [0.5, 0.6) is 5.75 Å². The Hall–Kier alpha value is -4.29. The molecule has 3 heterocycles. The van der Waals surface area contributed by atoms with Crippen molar-refractivity contribution in [3.05, 3.63) is 82.0 Å². The highest BCUT2D eigenvalue weighted by Crippen LogP contribution is 2.43. The number of amides is 1. The van der Waals surface area contributed by atoms with Crippen LogP contribution in [0.25, 0.3) is 28.0 Å². The molecule has 4 aromatic rings. The van der Waals surface area contributed by atoms with Crippen LogP contribution < -0.4 is 10.6 Å². The first-order valence-electron chi connectivity index (χ1n) is 14.5. The Labute approximate surface area is 264 Å². The van der Waals surface area contributed by atoms with Gasteiger partial charge in [-0.05, 0) is 61.6 Å². The summed E-state index contributed by atoms with van der Waals surface area (Å²) in [6, 6.07) is 10.1. The van der Waals surface area contributed by atoms with Gasteiger partial charge in [-0.25, -0.2) is 27.2 Å². The number of phenols is 1. The molecule has 6 rings (SSSR count). The Morgan fingerprint density at radius 1 is 1.16 bits per heavy atom. The zero-order valence-electron chi connectivity index (χ0n) is 24.7. The quantitative estimate of drug-likeness (QED) is 0.294. The van der Waals surface area contributed by atoms with Crippen molar-refractivity contribution >= 4 is 44.2 Å². The number of benzene rings is 2. The first kappa shape index (κ1) is 30.7. The molecule has 0 unspecified atom stereocenters. The van der Waals surface area contributed by atoms with Crippen LogP contribution in [0.3, 0.4) is 0 Å². The first-order valence-corrected chi connectivity index (χ1v) is 16.8. The fourth-order valence-electron chi connectivity index (χ4n) is 6.18. The number of carbonyl (C=O) groups is 1. The average molecular weight is 652 g/mol. The highest BCUT2D eigenvalue weighted by molar-refractivity contribution is 7.90. The van der Waals surface area contributed by atoms with E-state index in [0.717, 1.165) is 30.1 Å². The molecule has 1 aliphatic carbocycles. The molecule has 2 fully saturated rings. The Balaban J connectivity index is 1.69. The number of carbonyl (C=O) groups excluding carboxylic acids is 1. The van der Waals surface area contributed by atoms with Crippen LogP contribution in [0.2, 0.25) is 5.02 Å². The molecular formula is C32H31ClFN5O5S. The number of anilines is 1. The van der Waals surface area contributed by atoms with Crippen molar-refractivity contribution in [1.29, 1.82) is 0 Å². The van der Waals surface area contributed by atoms with E-state index in [4.69, 9.17) is 11.6 Å². The van der Waals surface area contributed by atoms with Gasteiger partial charge in [0.1, 0.15) is 17.3 Å². The highest BCUT2D eigenvalue weighted by atomic mass is 35.5. The monoisotopic (exact) mass is 651 g/mol. The minimum absolute atomic E-state index is 0.00588. The zero-order valence-corrected chi connectivity index (χ0v) is 26.3. The maximum atomic E-state index is 16.1. The fourth-order valence-corrected chi connectivity index (χ4v) is 7.32. The van der Waals surface area contributed by atoms with Crippen molar-refractivity contribution < 1.29 is 22.7 Å². The molecule has 2 aromatic heterocycles. The van der Waals surface area contributed by atoms with Crippen LogP contribution in [-0.4, -0.2) is 70.8 Å². The molecule has 2 aliphatic rings. The number of pyridine rings is 1. The van der Waals surface area contributed by atoms with Crippen molar-refractivity contribution in [2.24, 2.45) is 0 Å². The molecule has 1 saturated carbocycles. The summed E-state index contributed by atoms with van der Waals surface area (Å²) in [6.45, 7) is 6.32. The van der Waals surface area contributed by atoms with Gasteiger partial charge in [0, 0.05) is 31.9 Å². The van der Waals surface area contributed by atoms with Crippen LogP contribution in [0, 0.1) is 5.82 Å². The third-order valence-corrected chi connectivity index (χ3v) is 10.1. The predicted octanol–water partition coefficient (Wildman–Crippen LogP) is 4.84. The molecule has 0 bridgehead atoms. The summed E-state index contributed by atoms with van der Waals surface area (Å²) in [5.74, 6) is -1.23. The van der Waals surface area contributed by atoms with Gasteiger partial charge in [-0.2, -0.15) is 4.98 Å². The highest BCUT2D eigenvalue weighted by Gasteiger charge is 2.33. The number of phenolic OH excluding ortho intramolecular Hbond substituents is 1. The summed E-state index contributed by atoms with van der Waals surface area (Å²) in [5.41, 5.74) is -0.459. The van der Waals surface area contributed by atoms with E-state index in [9.17, 15) is 23.1 Å². The number of sulfone groups is 1. The molecule has 10 nitrogen and oxygen atoms in total. The van der Waals surface area contributed by atoms with Crippen molar-refractivity contribution in [1.82, 2.24) is 19.4 Å². The summed E-state index contributed by atoms with van der Waals surface area (Å²) in [7, 11) is -3.85. The van der Waals surface area contributed by atoms with Crippen LogP contribution in [0.15, 0.2) is 64.8 Å². The van der Waals surface area contributed by atoms with Gasteiger partial charge in [0.25, 0.3) is 0 Å². The molecule has 1 saturated heterocycles. The number of halogens is 2. The predicted molar refractivity (Wildman–Crippen MR) is 170 cm³/mol.